The fraction of sp³-hybridized carbons (Fsp3) is 0.154. The van der Waals surface area contributed by atoms with E-state index >= 15 is 0 Å². The number of carboxylic acids is 1. The van der Waals surface area contributed by atoms with Crippen LogP contribution in [0.5, 0.6) is 5.75 Å². The van der Waals surface area contributed by atoms with Crippen molar-refractivity contribution in [3.8, 4) is 17.0 Å². The van der Waals surface area contributed by atoms with Gasteiger partial charge in [-0.15, -0.1) is 0 Å². The molecule has 5 heteroatoms. The zero-order chi connectivity index (χ0) is 13.1. The Hall–Kier alpha value is -2.43. The van der Waals surface area contributed by atoms with Crippen LogP contribution in [0.15, 0.2) is 30.6 Å². The highest BCUT2D eigenvalue weighted by Gasteiger charge is 2.17. The smallest absolute Gasteiger partial charge is 0.339 e. The minimum absolute atomic E-state index is 0.116. The van der Waals surface area contributed by atoms with Crippen molar-refractivity contribution in [3.05, 3.63) is 41.9 Å². The standard InChI is InChI=1S/C13H12N2O3/c1-8-11(13(16)17)12(15-7-14-8)9-4-3-5-10(6-9)18-2/h3-7H,1-2H3,(H,16,17). The number of rotatable bonds is 3. The van der Waals surface area contributed by atoms with E-state index in [1.807, 2.05) is 0 Å². The average molecular weight is 244 g/mol. The minimum Gasteiger partial charge on any atom is -0.497 e. The number of methoxy groups -OCH3 is 1. The van der Waals surface area contributed by atoms with E-state index in [2.05, 4.69) is 9.97 Å². The largest absolute Gasteiger partial charge is 0.497 e. The van der Waals surface area contributed by atoms with Crippen molar-refractivity contribution in [2.24, 2.45) is 0 Å². The van der Waals surface area contributed by atoms with Gasteiger partial charge < -0.3 is 9.84 Å². The fourth-order valence-corrected chi connectivity index (χ4v) is 1.72. The van der Waals surface area contributed by atoms with Crippen LogP contribution in [-0.4, -0.2) is 28.2 Å². The molecule has 0 bridgehead atoms. The van der Waals surface area contributed by atoms with Crippen molar-refractivity contribution in [1.82, 2.24) is 9.97 Å². The first kappa shape index (κ1) is 12.0. The third kappa shape index (κ3) is 2.15. The van der Waals surface area contributed by atoms with Crippen molar-refractivity contribution in [2.45, 2.75) is 6.92 Å². The maximum absolute atomic E-state index is 11.3. The molecule has 18 heavy (non-hydrogen) atoms. The first-order chi connectivity index (χ1) is 8.63. The van der Waals surface area contributed by atoms with Crippen molar-refractivity contribution in [1.29, 1.82) is 0 Å². The lowest BCUT2D eigenvalue weighted by molar-refractivity contribution is 0.0696. The lowest BCUT2D eigenvalue weighted by Gasteiger charge is -2.08. The van der Waals surface area contributed by atoms with Gasteiger partial charge in [-0.3, -0.25) is 0 Å². The van der Waals surface area contributed by atoms with Crippen molar-refractivity contribution >= 4 is 5.97 Å². The number of carboxylic acid groups (broad SMARTS) is 1. The molecule has 0 atom stereocenters. The van der Waals surface area contributed by atoms with Crippen LogP contribution >= 0.6 is 0 Å². The molecule has 0 saturated heterocycles. The maximum Gasteiger partial charge on any atom is 0.339 e. The van der Waals surface area contributed by atoms with Crippen LogP contribution in [0.1, 0.15) is 16.1 Å². The number of hydrogen-bond acceptors (Lipinski definition) is 4. The SMILES string of the molecule is COc1cccc(-c2ncnc(C)c2C(=O)O)c1. The van der Waals surface area contributed by atoms with Gasteiger partial charge in [-0.05, 0) is 19.1 Å². The summed E-state index contributed by atoms with van der Waals surface area (Å²) in [5.41, 5.74) is 1.65. The van der Waals surface area contributed by atoms with Crippen LogP contribution in [0.3, 0.4) is 0 Å². The van der Waals surface area contributed by atoms with E-state index in [1.54, 1.807) is 38.3 Å². The van der Waals surface area contributed by atoms with Crippen molar-refractivity contribution in [2.75, 3.05) is 7.11 Å². The molecular weight excluding hydrogens is 232 g/mol. The van der Waals surface area contributed by atoms with Crippen LogP contribution in [0.4, 0.5) is 0 Å². The number of benzene rings is 1. The molecule has 2 aromatic rings. The highest BCUT2D eigenvalue weighted by atomic mass is 16.5. The molecule has 0 amide bonds. The summed E-state index contributed by atoms with van der Waals surface area (Å²) in [4.78, 5) is 19.2. The van der Waals surface area contributed by atoms with Gasteiger partial charge in [0.05, 0.1) is 18.5 Å². The van der Waals surface area contributed by atoms with Gasteiger partial charge in [0.15, 0.2) is 0 Å². The predicted octanol–water partition coefficient (Wildman–Crippen LogP) is 2.16. The molecular formula is C13H12N2O3. The molecule has 0 fully saturated rings. The molecule has 0 aliphatic carbocycles. The topological polar surface area (TPSA) is 72.3 Å². The summed E-state index contributed by atoms with van der Waals surface area (Å²) < 4.78 is 5.12. The Labute approximate surface area is 104 Å². The highest BCUT2D eigenvalue weighted by molar-refractivity contribution is 5.95. The Bertz CT molecular complexity index is 597. The second kappa shape index (κ2) is 4.83. The Kier molecular flexibility index (Phi) is 3.23. The van der Waals surface area contributed by atoms with E-state index in [9.17, 15) is 9.90 Å². The maximum atomic E-state index is 11.3. The summed E-state index contributed by atoms with van der Waals surface area (Å²) >= 11 is 0. The quantitative estimate of drug-likeness (QED) is 0.895. The highest BCUT2D eigenvalue weighted by Crippen LogP contribution is 2.25. The molecule has 1 heterocycles. The van der Waals surface area contributed by atoms with Crippen LogP contribution in [0.2, 0.25) is 0 Å². The molecule has 92 valence electrons. The van der Waals surface area contributed by atoms with E-state index < -0.39 is 5.97 Å². The van der Waals surface area contributed by atoms with Gasteiger partial charge in [0, 0.05) is 5.56 Å². The van der Waals surface area contributed by atoms with E-state index in [1.165, 1.54) is 6.33 Å². The summed E-state index contributed by atoms with van der Waals surface area (Å²) in [5, 5.41) is 9.22. The van der Waals surface area contributed by atoms with Gasteiger partial charge in [0.1, 0.15) is 17.6 Å². The Morgan fingerprint density at radius 1 is 1.33 bits per heavy atom. The molecule has 0 saturated carbocycles. The van der Waals surface area contributed by atoms with Crippen LogP contribution in [0.25, 0.3) is 11.3 Å². The third-order valence-corrected chi connectivity index (χ3v) is 2.59. The zero-order valence-electron chi connectivity index (χ0n) is 10.0. The van der Waals surface area contributed by atoms with Crippen molar-refractivity contribution in [3.63, 3.8) is 0 Å². The summed E-state index contributed by atoms with van der Waals surface area (Å²) in [6, 6.07) is 7.11. The molecule has 1 aromatic heterocycles. The zero-order valence-corrected chi connectivity index (χ0v) is 10.0. The number of aryl methyl sites for hydroxylation is 1. The molecule has 1 aromatic carbocycles. The molecule has 0 unspecified atom stereocenters. The van der Waals surface area contributed by atoms with E-state index in [0.717, 1.165) is 0 Å². The van der Waals surface area contributed by atoms with Gasteiger partial charge in [0.25, 0.3) is 0 Å². The van der Waals surface area contributed by atoms with E-state index in [0.29, 0.717) is 22.7 Å². The Morgan fingerprint density at radius 3 is 2.78 bits per heavy atom. The molecule has 0 radical (unpaired) electrons. The van der Waals surface area contributed by atoms with Gasteiger partial charge in [-0.2, -0.15) is 0 Å². The first-order valence-electron chi connectivity index (χ1n) is 5.33. The number of hydrogen-bond donors (Lipinski definition) is 1. The summed E-state index contributed by atoms with van der Waals surface area (Å²) in [7, 11) is 1.56. The third-order valence-electron chi connectivity index (χ3n) is 2.59. The summed E-state index contributed by atoms with van der Waals surface area (Å²) in [6.07, 6.45) is 1.36. The molecule has 5 nitrogen and oxygen atoms in total. The number of aromatic nitrogens is 2. The summed E-state index contributed by atoms with van der Waals surface area (Å²) in [6.45, 7) is 1.65. The van der Waals surface area contributed by atoms with Gasteiger partial charge in [-0.1, -0.05) is 12.1 Å². The minimum atomic E-state index is -1.04. The van der Waals surface area contributed by atoms with E-state index in [-0.39, 0.29) is 5.56 Å². The molecule has 2 rings (SSSR count). The molecule has 1 N–H and O–H groups in total. The van der Waals surface area contributed by atoms with Crippen LogP contribution < -0.4 is 4.74 Å². The normalized spacial score (nSPS) is 10.1. The lowest BCUT2D eigenvalue weighted by atomic mass is 10.0. The molecule has 0 spiro atoms. The Morgan fingerprint density at radius 2 is 2.11 bits per heavy atom. The van der Waals surface area contributed by atoms with Crippen LogP contribution in [-0.2, 0) is 0 Å². The first-order valence-corrected chi connectivity index (χ1v) is 5.33. The number of ether oxygens (including phenoxy) is 1. The fourth-order valence-electron chi connectivity index (χ4n) is 1.72. The monoisotopic (exact) mass is 244 g/mol. The predicted molar refractivity (Wildman–Crippen MR) is 65.7 cm³/mol. The average Bonchev–Trinajstić information content (AvgIpc) is 2.38. The second-order valence-electron chi connectivity index (χ2n) is 3.72. The van der Waals surface area contributed by atoms with Crippen LogP contribution in [0, 0.1) is 6.92 Å². The van der Waals surface area contributed by atoms with E-state index in [4.69, 9.17) is 4.74 Å². The number of aromatic carboxylic acids is 1. The van der Waals surface area contributed by atoms with Gasteiger partial charge in [0.2, 0.25) is 0 Å². The number of nitrogens with zero attached hydrogens (tertiary/aromatic N) is 2. The summed E-state index contributed by atoms with van der Waals surface area (Å²) in [5.74, 6) is -0.383. The lowest BCUT2D eigenvalue weighted by Crippen LogP contribution is -2.06. The number of carbonyl (C=O) groups is 1. The van der Waals surface area contributed by atoms with Gasteiger partial charge >= 0.3 is 5.97 Å². The Balaban J connectivity index is 2.63. The van der Waals surface area contributed by atoms with Crippen molar-refractivity contribution < 1.29 is 14.6 Å². The molecule has 0 aliphatic rings. The molecule has 0 aliphatic heterocycles. The second-order valence-corrected chi connectivity index (χ2v) is 3.72. The van der Waals surface area contributed by atoms with Gasteiger partial charge in [-0.25, -0.2) is 14.8 Å².